The Kier molecular flexibility index (Phi) is 3.04. The summed E-state index contributed by atoms with van der Waals surface area (Å²) in [5, 5.41) is 0. The summed E-state index contributed by atoms with van der Waals surface area (Å²) in [5.74, 6) is 0.528. The summed E-state index contributed by atoms with van der Waals surface area (Å²) >= 11 is 0. The molecular weight excluding hydrogens is 219 g/mol. The number of para-hydroxylation sites is 1. The SMILES string of the molecule is Cc1occc1CN(C)c1c(N)cccc1F. The van der Waals surface area contributed by atoms with Gasteiger partial charge in [0.1, 0.15) is 11.6 Å². The lowest BCUT2D eigenvalue weighted by Crippen LogP contribution is -2.19. The van der Waals surface area contributed by atoms with Gasteiger partial charge in [-0.15, -0.1) is 0 Å². The van der Waals surface area contributed by atoms with Gasteiger partial charge in [0.05, 0.1) is 17.6 Å². The quantitative estimate of drug-likeness (QED) is 0.830. The van der Waals surface area contributed by atoms with Gasteiger partial charge in [-0.05, 0) is 25.1 Å². The van der Waals surface area contributed by atoms with Crippen LogP contribution in [0.15, 0.2) is 34.9 Å². The van der Waals surface area contributed by atoms with E-state index in [1.807, 2.05) is 13.0 Å². The van der Waals surface area contributed by atoms with Crippen LogP contribution in [0.4, 0.5) is 15.8 Å². The molecule has 0 unspecified atom stereocenters. The summed E-state index contributed by atoms with van der Waals surface area (Å²) in [5.41, 5.74) is 7.67. The number of hydrogen-bond acceptors (Lipinski definition) is 3. The highest BCUT2D eigenvalue weighted by atomic mass is 19.1. The van der Waals surface area contributed by atoms with Crippen molar-refractivity contribution in [1.82, 2.24) is 0 Å². The first-order chi connectivity index (χ1) is 8.09. The highest BCUT2D eigenvalue weighted by Crippen LogP contribution is 2.27. The number of nitrogens with zero attached hydrogens (tertiary/aromatic N) is 1. The van der Waals surface area contributed by atoms with Crippen LogP contribution in [0.2, 0.25) is 0 Å². The molecule has 2 aromatic rings. The lowest BCUT2D eigenvalue weighted by Gasteiger charge is -2.21. The van der Waals surface area contributed by atoms with Crippen molar-refractivity contribution in [3.05, 3.63) is 47.7 Å². The Hall–Kier alpha value is -1.97. The van der Waals surface area contributed by atoms with Crippen LogP contribution in [0.1, 0.15) is 11.3 Å². The van der Waals surface area contributed by atoms with Gasteiger partial charge in [-0.3, -0.25) is 0 Å². The Morgan fingerprint density at radius 2 is 2.12 bits per heavy atom. The molecule has 1 heterocycles. The van der Waals surface area contributed by atoms with Gasteiger partial charge >= 0.3 is 0 Å². The standard InChI is InChI=1S/C13H15FN2O/c1-9-10(6-7-17-9)8-16(2)13-11(14)4-3-5-12(13)15/h3-7H,8,15H2,1-2H3. The molecular formula is C13H15FN2O. The fraction of sp³-hybridized carbons (Fsp3) is 0.231. The summed E-state index contributed by atoms with van der Waals surface area (Å²) in [7, 11) is 1.81. The molecule has 2 rings (SSSR count). The van der Waals surface area contributed by atoms with E-state index in [0.717, 1.165) is 11.3 Å². The first-order valence-electron chi connectivity index (χ1n) is 5.37. The molecule has 0 spiro atoms. The summed E-state index contributed by atoms with van der Waals surface area (Å²) in [6.45, 7) is 2.45. The number of benzene rings is 1. The van der Waals surface area contributed by atoms with Crippen molar-refractivity contribution in [1.29, 1.82) is 0 Å². The molecule has 90 valence electrons. The second-order valence-electron chi connectivity index (χ2n) is 4.04. The van der Waals surface area contributed by atoms with E-state index >= 15 is 0 Å². The number of furan rings is 1. The molecule has 4 heteroatoms. The monoisotopic (exact) mass is 234 g/mol. The van der Waals surface area contributed by atoms with Crippen molar-refractivity contribution in [3.8, 4) is 0 Å². The number of nitrogens with two attached hydrogens (primary N) is 1. The van der Waals surface area contributed by atoms with Crippen molar-refractivity contribution in [2.45, 2.75) is 13.5 Å². The molecule has 0 atom stereocenters. The van der Waals surface area contributed by atoms with Crippen LogP contribution in [0.3, 0.4) is 0 Å². The summed E-state index contributed by atoms with van der Waals surface area (Å²) in [4.78, 5) is 1.78. The van der Waals surface area contributed by atoms with Crippen molar-refractivity contribution >= 4 is 11.4 Å². The lowest BCUT2D eigenvalue weighted by molar-refractivity contribution is 0.529. The van der Waals surface area contributed by atoms with Crippen LogP contribution in [-0.4, -0.2) is 7.05 Å². The maximum absolute atomic E-state index is 13.7. The van der Waals surface area contributed by atoms with Gasteiger partial charge in [0.15, 0.2) is 0 Å². The van der Waals surface area contributed by atoms with Crippen LogP contribution in [0, 0.1) is 12.7 Å². The lowest BCUT2D eigenvalue weighted by atomic mass is 10.2. The maximum atomic E-state index is 13.7. The minimum atomic E-state index is -0.311. The fourth-order valence-electron chi connectivity index (χ4n) is 1.84. The highest BCUT2D eigenvalue weighted by molar-refractivity contribution is 5.67. The number of aryl methyl sites for hydroxylation is 1. The topological polar surface area (TPSA) is 42.4 Å². The molecule has 0 aliphatic carbocycles. The minimum Gasteiger partial charge on any atom is -0.469 e. The Bertz CT molecular complexity index is 502. The molecule has 0 aliphatic rings. The summed E-state index contributed by atoms with van der Waals surface area (Å²) < 4.78 is 18.9. The minimum absolute atomic E-state index is 0.311. The number of hydrogen-bond donors (Lipinski definition) is 1. The first kappa shape index (κ1) is 11.5. The molecule has 3 nitrogen and oxygen atoms in total. The number of halogens is 1. The molecule has 0 aliphatic heterocycles. The van der Waals surface area contributed by atoms with E-state index in [-0.39, 0.29) is 5.82 Å². The zero-order valence-electron chi connectivity index (χ0n) is 9.90. The Morgan fingerprint density at radius 3 is 2.71 bits per heavy atom. The zero-order chi connectivity index (χ0) is 12.4. The highest BCUT2D eigenvalue weighted by Gasteiger charge is 2.13. The van der Waals surface area contributed by atoms with Crippen LogP contribution >= 0.6 is 0 Å². The molecule has 1 aromatic carbocycles. The summed E-state index contributed by atoms with van der Waals surface area (Å²) in [6, 6.07) is 6.58. The third-order valence-electron chi connectivity index (χ3n) is 2.77. The second-order valence-corrected chi connectivity index (χ2v) is 4.04. The van der Waals surface area contributed by atoms with E-state index < -0.39 is 0 Å². The largest absolute Gasteiger partial charge is 0.469 e. The zero-order valence-corrected chi connectivity index (χ0v) is 9.90. The Morgan fingerprint density at radius 1 is 1.35 bits per heavy atom. The van der Waals surface area contributed by atoms with Crippen molar-refractivity contribution in [2.75, 3.05) is 17.7 Å². The molecule has 17 heavy (non-hydrogen) atoms. The predicted molar refractivity (Wildman–Crippen MR) is 66.4 cm³/mol. The van der Waals surface area contributed by atoms with Crippen molar-refractivity contribution < 1.29 is 8.81 Å². The van der Waals surface area contributed by atoms with Crippen LogP contribution < -0.4 is 10.6 Å². The van der Waals surface area contributed by atoms with Gasteiger partial charge in [-0.25, -0.2) is 4.39 Å². The Balaban J connectivity index is 2.26. The fourth-order valence-corrected chi connectivity index (χ4v) is 1.84. The van der Waals surface area contributed by atoms with Gasteiger partial charge in [0, 0.05) is 19.2 Å². The number of anilines is 2. The third-order valence-corrected chi connectivity index (χ3v) is 2.77. The van der Waals surface area contributed by atoms with Gasteiger partial charge < -0.3 is 15.1 Å². The molecule has 0 saturated heterocycles. The van der Waals surface area contributed by atoms with E-state index in [0.29, 0.717) is 17.9 Å². The first-order valence-corrected chi connectivity index (χ1v) is 5.37. The Labute approximate surface area is 99.6 Å². The molecule has 0 radical (unpaired) electrons. The van der Waals surface area contributed by atoms with Crippen LogP contribution in [-0.2, 0) is 6.54 Å². The van der Waals surface area contributed by atoms with E-state index in [1.165, 1.54) is 6.07 Å². The average molecular weight is 234 g/mol. The van der Waals surface area contributed by atoms with E-state index in [1.54, 1.807) is 30.3 Å². The molecule has 0 saturated carbocycles. The van der Waals surface area contributed by atoms with Crippen LogP contribution in [0.25, 0.3) is 0 Å². The van der Waals surface area contributed by atoms with Crippen molar-refractivity contribution in [2.24, 2.45) is 0 Å². The second kappa shape index (κ2) is 4.49. The number of nitrogen functional groups attached to an aromatic ring is 1. The van der Waals surface area contributed by atoms with E-state index in [4.69, 9.17) is 10.2 Å². The predicted octanol–water partition coefficient (Wildman–Crippen LogP) is 2.95. The van der Waals surface area contributed by atoms with Gasteiger partial charge in [-0.1, -0.05) is 6.07 Å². The average Bonchev–Trinajstić information content (AvgIpc) is 2.64. The number of rotatable bonds is 3. The molecule has 2 N–H and O–H groups in total. The van der Waals surface area contributed by atoms with Crippen LogP contribution in [0.5, 0.6) is 0 Å². The van der Waals surface area contributed by atoms with Gasteiger partial charge in [-0.2, -0.15) is 0 Å². The van der Waals surface area contributed by atoms with E-state index in [2.05, 4.69) is 0 Å². The van der Waals surface area contributed by atoms with Gasteiger partial charge in [0.25, 0.3) is 0 Å². The smallest absolute Gasteiger partial charge is 0.148 e. The molecule has 1 aromatic heterocycles. The van der Waals surface area contributed by atoms with Gasteiger partial charge in [0.2, 0.25) is 0 Å². The van der Waals surface area contributed by atoms with E-state index in [9.17, 15) is 4.39 Å². The molecule has 0 amide bonds. The normalized spacial score (nSPS) is 10.5. The third kappa shape index (κ3) is 2.25. The van der Waals surface area contributed by atoms with Crippen molar-refractivity contribution in [3.63, 3.8) is 0 Å². The molecule has 0 bridgehead atoms. The molecule has 0 fully saturated rings. The maximum Gasteiger partial charge on any atom is 0.148 e. The summed E-state index contributed by atoms with van der Waals surface area (Å²) in [6.07, 6.45) is 1.63.